The fourth-order valence-corrected chi connectivity index (χ4v) is 6.07. The number of nitrogens with one attached hydrogen (secondary N) is 2. The number of carbonyl (C=O) groups is 1. The quantitative estimate of drug-likeness (QED) is 0.178. The number of nitriles is 1. The summed E-state index contributed by atoms with van der Waals surface area (Å²) < 4.78 is 34.2. The monoisotopic (exact) mass is 706 g/mol. The van der Waals surface area contributed by atoms with Crippen molar-refractivity contribution in [1.29, 1.82) is 5.26 Å². The molecule has 1 saturated carbocycles. The number of halogens is 1. The summed E-state index contributed by atoms with van der Waals surface area (Å²) in [4.78, 5) is 28.6. The van der Waals surface area contributed by atoms with E-state index in [1.165, 1.54) is 22.8 Å². The van der Waals surface area contributed by atoms with E-state index < -0.39 is 11.9 Å². The van der Waals surface area contributed by atoms with Gasteiger partial charge in [0.2, 0.25) is 5.95 Å². The zero-order valence-electron chi connectivity index (χ0n) is 29.2. The van der Waals surface area contributed by atoms with Gasteiger partial charge in [-0.25, -0.2) is 14.2 Å². The average Bonchev–Trinajstić information content (AvgIpc) is 3.93. The van der Waals surface area contributed by atoms with Crippen molar-refractivity contribution >= 4 is 34.9 Å². The summed E-state index contributed by atoms with van der Waals surface area (Å²) >= 11 is 0. The Bertz CT molecular complexity index is 2090. The summed E-state index contributed by atoms with van der Waals surface area (Å²) in [5.74, 6) is 1.58. The zero-order valence-corrected chi connectivity index (χ0v) is 29.2. The average molecular weight is 707 g/mol. The lowest BCUT2D eigenvalue weighted by molar-refractivity contribution is 0.200. The van der Waals surface area contributed by atoms with Gasteiger partial charge in [0.1, 0.15) is 23.3 Å². The lowest BCUT2D eigenvalue weighted by atomic mass is 10.2. The molecule has 2 aliphatic rings. The first-order valence-electron chi connectivity index (χ1n) is 17.0. The molecule has 1 saturated heterocycles. The SMILES string of the molecule is COc1ccc(CNC(=O)Oc2cc(Nc3nc(N(Cc4ccc(OC)cc4)C4CC4)c4ncc(C#N)n4n3)c(F)c(N3CCN(C)CC3)c2)cc1. The number of anilines is 4. The molecule has 1 aliphatic heterocycles. The van der Waals surface area contributed by atoms with Crippen LogP contribution in [0, 0.1) is 17.1 Å². The summed E-state index contributed by atoms with van der Waals surface area (Å²) in [7, 11) is 5.23. The molecule has 3 heterocycles. The number of imidazole rings is 1. The summed E-state index contributed by atoms with van der Waals surface area (Å²) in [6.45, 7) is 3.37. The van der Waals surface area contributed by atoms with Gasteiger partial charge < -0.3 is 39.5 Å². The van der Waals surface area contributed by atoms with Crippen molar-refractivity contribution in [3.8, 4) is 23.3 Å². The predicted molar refractivity (Wildman–Crippen MR) is 193 cm³/mol. The fraction of sp³-hybridized carbons (Fsp3) is 0.324. The number of hydrogen-bond donors (Lipinski definition) is 2. The minimum absolute atomic E-state index is 0.00596. The lowest BCUT2D eigenvalue weighted by Gasteiger charge is -2.34. The predicted octanol–water partition coefficient (Wildman–Crippen LogP) is 5.11. The van der Waals surface area contributed by atoms with Crippen LogP contribution in [0.4, 0.5) is 32.3 Å². The minimum atomic E-state index is -0.701. The van der Waals surface area contributed by atoms with Crippen LogP contribution in [0.2, 0.25) is 0 Å². The second kappa shape index (κ2) is 15.0. The number of amides is 1. The van der Waals surface area contributed by atoms with Crippen molar-refractivity contribution in [3.63, 3.8) is 0 Å². The summed E-state index contributed by atoms with van der Waals surface area (Å²) in [5.41, 5.74) is 2.77. The van der Waals surface area contributed by atoms with Crippen LogP contribution in [-0.2, 0) is 13.1 Å². The third-order valence-electron chi connectivity index (χ3n) is 9.15. The number of aromatic nitrogens is 4. The number of methoxy groups -OCH3 is 2. The smallest absolute Gasteiger partial charge is 0.412 e. The van der Waals surface area contributed by atoms with Crippen molar-refractivity contribution in [3.05, 3.63) is 89.5 Å². The number of hydrogen-bond acceptors (Lipinski definition) is 12. The van der Waals surface area contributed by atoms with Crippen LogP contribution < -0.4 is 34.6 Å². The number of benzene rings is 3. The van der Waals surface area contributed by atoms with Crippen LogP contribution in [0.1, 0.15) is 29.7 Å². The van der Waals surface area contributed by atoms with Crippen LogP contribution >= 0.6 is 0 Å². The van der Waals surface area contributed by atoms with Gasteiger partial charge in [0.15, 0.2) is 23.0 Å². The van der Waals surface area contributed by atoms with E-state index in [1.54, 1.807) is 26.4 Å². The number of nitrogens with zero attached hydrogens (tertiary/aromatic N) is 8. The molecule has 52 heavy (non-hydrogen) atoms. The third kappa shape index (κ3) is 7.62. The maximum absolute atomic E-state index is 16.5. The van der Waals surface area contributed by atoms with Crippen molar-refractivity contribution in [1.82, 2.24) is 29.8 Å². The maximum Gasteiger partial charge on any atom is 0.412 e. The van der Waals surface area contributed by atoms with Gasteiger partial charge in [-0.3, -0.25) is 0 Å². The van der Waals surface area contributed by atoms with Crippen LogP contribution in [0.15, 0.2) is 66.9 Å². The van der Waals surface area contributed by atoms with Gasteiger partial charge in [-0.15, -0.1) is 5.10 Å². The molecule has 3 aromatic carbocycles. The Hall–Kier alpha value is -6.14. The second-order valence-electron chi connectivity index (χ2n) is 12.8. The largest absolute Gasteiger partial charge is 0.497 e. The van der Waals surface area contributed by atoms with Gasteiger partial charge in [0, 0.05) is 57.4 Å². The first-order chi connectivity index (χ1) is 25.3. The van der Waals surface area contributed by atoms with Gasteiger partial charge in [-0.05, 0) is 55.3 Å². The van der Waals surface area contributed by atoms with E-state index in [-0.39, 0.29) is 41.4 Å². The van der Waals surface area contributed by atoms with Crippen molar-refractivity contribution in [2.45, 2.75) is 32.0 Å². The first kappa shape index (κ1) is 34.3. The maximum atomic E-state index is 16.5. The summed E-state index contributed by atoms with van der Waals surface area (Å²) in [5, 5.41) is 20.3. The van der Waals surface area contributed by atoms with E-state index in [9.17, 15) is 10.1 Å². The highest BCUT2D eigenvalue weighted by molar-refractivity contribution is 5.75. The Kier molecular flexibility index (Phi) is 9.90. The topological polar surface area (TPSA) is 145 Å². The van der Waals surface area contributed by atoms with Crippen LogP contribution in [-0.4, -0.2) is 84.1 Å². The first-order valence-corrected chi connectivity index (χ1v) is 17.0. The summed E-state index contributed by atoms with van der Waals surface area (Å²) in [6, 6.07) is 20.4. The molecular weight excluding hydrogens is 667 g/mol. The molecular formula is C37H39FN10O4. The van der Waals surface area contributed by atoms with E-state index in [2.05, 4.69) is 36.6 Å². The number of ether oxygens (including phenoxy) is 3. The normalized spacial score (nSPS) is 14.5. The van der Waals surface area contributed by atoms with E-state index in [4.69, 9.17) is 19.2 Å². The van der Waals surface area contributed by atoms with Crippen LogP contribution in [0.3, 0.4) is 0 Å². The Morgan fingerprint density at radius 1 is 0.981 bits per heavy atom. The standard InChI is InChI=1S/C37H39FN10O4/c1-45-14-16-46(17-15-45)32-19-30(52-37(49)41-21-24-4-10-28(50-2)11-5-24)18-31(33(32)38)42-36-43-35(34-40-22-27(20-39)48(34)44-36)47(26-8-9-26)23-25-6-12-29(51-3)13-7-25/h4-7,10-13,18-19,22,26H,8-9,14-17,21,23H2,1-3H3,(H,41,49)(H,42,44). The molecule has 0 unspecified atom stereocenters. The Balaban J connectivity index is 1.21. The fourth-order valence-electron chi connectivity index (χ4n) is 6.07. The second-order valence-corrected chi connectivity index (χ2v) is 12.8. The molecule has 0 radical (unpaired) electrons. The molecule has 7 rings (SSSR count). The highest BCUT2D eigenvalue weighted by Gasteiger charge is 2.33. The molecule has 1 aliphatic carbocycles. The molecule has 15 heteroatoms. The van der Waals surface area contributed by atoms with Gasteiger partial charge in [-0.1, -0.05) is 24.3 Å². The molecule has 2 aromatic heterocycles. The highest BCUT2D eigenvalue weighted by Crippen LogP contribution is 2.37. The van der Waals surface area contributed by atoms with Crippen LogP contribution in [0.5, 0.6) is 17.2 Å². The van der Waals surface area contributed by atoms with Crippen molar-refractivity contribution in [2.24, 2.45) is 0 Å². The molecule has 268 valence electrons. The minimum Gasteiger partial charge on any atom is -0.497 e. The third-order valence-corrected chi connectivity index (χ3v) is 9.15. The number of likely N-dealkylation sites (N-methyl/N-ethyl adjacent to an activating group) is 1. The number of fused-ring (bicyclic) bond motifs is 1. The van der Waals surface area contributed by atoms with Gasteiger partial charge in [0.25, 0.3) is 0 Å². The Labute approximate surface area is 300 Å². The molecule has 2 N–H and O–H groups in total. The van der Waals surface area contributed by atoms with Crippen LogP contribution in [0.25, 0.3) is 5.65 Å². The lowest BCUT2D eigenvalue weighted by Crippen LogP contribution is -2.44. The molecule has 1 amide bonds. The van der Waals surface area contributed by atoms with E-state index in [0.29, 0.717) is 36.8 Å². The van der Waals surface area contributed by atoms with E-state index in [1.807, 2.05) is 48.3 Å². The zero-order chi connectivity index (χ0) is 36.2. The molecule has 14 nitrogen and oxygen atoms in total. The van der Waals surface area contributed by atoms with E-state index in [0.717, 1.165) is 42.8 Å². The Morgan fingerprint density at radius 2 is 1.65 bits per heavy atom. The Morgan fingerprint density at radius 3 is 2.29 bits per heavy atom. The molecule has 0 bridgehead atoms. The van der Waals surface area contributed by atoms with Crippen molar-refractivity contribution < 1.29 is 23.4 Å². The summed E-state index contributed by atoms with van der Waals surface area (Å²) in [6.07, 6.45) is 2.67. The van der Waals surface area contributed by atoms with E-state index >= 15 is 4.39 Å². The van der Waals surface area contributed by atoms with Gasteiger partial charge >= 0.3 is 6.09 Å². The van der Waals surface area contributed by atoms with Gasteiger partial charge in [-0.2, -0.15) is 14.8 Å². The van der Waals surface area contributed by atoms with Crippen molar-refractivity contribution in [2.75, 3.05) is 62.6 Å². The highest BCUT2D eigenvalue weighted by atomic mass is 19.1. The molecule has 5 aromatic rings. The number of piperazine rings is 1. The number of carbonyl (C=O) groups excluding carboxylic acids is 1. The van der Waals surface area contributed by atoms with Gasteiger partial charge in [0.05, 0.1) is 31.8 Å². The molecule has 0 atom stereocenters. The number of rotatable bonds is 12. The molecule has 2 fully saturated rings. The molecule has 0 spiro atoms.